The Kier molecular flexibility index (Phi) is 3.80. The maximum Gasteiger partial charge on any atom is 0.407 e. The van der Waals surface area contributed by atoms with Crippen molar-refractivity contribution in [2.45, 2.75) is 12.3 Å². The minimum atomic E-state index is -1.01. The zero-order chi connectivity index (χ0) is 14.0. The van der Waals surface area contributed by atoms with Gasteiger partial charge >= 0.3 is 6.09 Å². The lowest BCUT2D eigenvalue weighted by Gasteiger charge is -2.18. The average molecular weight is 267 g/mol. The molecule has 19 heavy (non-hydrogen) atoms. The van der Waals surface area contributed by atoms with Crippen LogP contribution in [0.4, 0.5) is 4.79 Å². The first kappa shape index (κ1) is 13.5. The third-order valence-corrected chi connectivity index (χ3v) is 3.66. The van der Waals surface area contributed by atoms with Crippen LogP contribution in [-0.4, -0.2) is 51.1 Å². The number of benzene rings is 1. The van der Waals surface area contributed by atoms with Crippen molar-refractivity contribution in [3.05, 3.63) is 23.8 Å². The first-order valence-electron chi connectivity index (χ1n) is 6.14. The Morgan fingerprint density at radius 3 is 2.68 bits per heavy atom. The molecule has 6 nitrogen and oxygen atoms in total. The number of aliphatic hydroxyl groups is 1. The molecule has 0 bridgehead atoms. The molecule has 1 aromatic rings. The van der Waals surface area contributed by atoms with Crippen LogP contribution >= 0.6 is 0 Å². The van der Waals surface area contributed by atoms with Crippen LogP contribution in [0.2, 0.25) is 0 Å². The van der Waals surface area contributed by atoms with Gasteiger partial charge in [0.05, 0.1) is 0 Å². The molecule has 1 aromatic carbocycles. The highest BCUT2D eigenvalue weighted by molar-refractivity contribution is 5.66. The van der Waals surface area contributed by atoms with Gasteiger partial charge in [0.25, 0.3) is 0 Å². The summed E-state index contributed by atoms with van der Waals surface area (Å²) in [5.74, 6) is -0.694. The molecule has 0 radical (unpaired) electrons. The van der Waals surface area contributed by atoms with Crippen molar-refractivity contribution in [3.63, 3.8) is 0 Å². The molecule has 104 valence electrons. The average Bonchev–Trinajstić information content (AvgIpc) is 2.77. The van der Waals surface area contributed by atoms with E-state index in [0.717, 1.165) is 0 Å². The van der Waals surface area contributed by atoms with E-state index in [-0.39, 0.29) is 36.5 Å². The lowest BCUT2D eigenvalue weighted by atomic mass is 9.86. The van der Waals surface area contributed by atoms with Gasteiger partial charge in [0.15, 0.2) is 11.5 Å². The minimum absolute atomic E-state index is 0.0335. The van der Waals surface area contributed by atoms with Crippen LogP contribution in [0.5, 0.6) is 11.5 Å². The molecule has 1 aliphatic rings. The molecule has 0 saturated carbocycles. The molecule has 2 unspecified atom stereocenters. The largest absolute Gasteiger partial charge is 0.504 e. The summed E-state index contributed by atoms with van der Waals surface area (Å²) in [6.07, 6.45) is -0.547. The number of rotatable bonds is 3. The SMILES string of the molecule is O=C(O)N1CC(CCO)C(c2cccc(O)c2O)C1. The van der Waals surface area contributed by atoms with E-state index in [4.69, 9.17) is 10.2 Å². The summed E-state index contributed by atoms with van der Waals surface area (Å²) in [5, 5.41) is 37.5. The number of aliphatic hydroxyl groups excluding tert-OH is 1. The van der Waals surface area contributed by atoms with Gasteiger partial charge < -0.3 is 25.3 Å². The Morgan fingerprint density at radius 2 is 2.05 bits per heavy atom. The third-order valence-electron chi connectivity index (χ3n) is 3.66. The predicted molar refractivity (Wildman–Crippen MR) is 67.3 cm³/mol. The highest BCUT2D eigenvalue weighted by Gasteiger charge is 2.37. The molecule has 1 heterocycles. The van der Waals surface area contributed by atoms with Crippen LogP contribution in [0.3, 0.4) is 0 Å². The van der Waals surface area contributed by atoms with Crippen molar-refractivity contribution in [2.75, 3.05) is 19.7 Å². The van der Waals surface area contributed by atoms with E-state index in [0.29, 0.717) is 18.5 Å². The molecule has 6 heteroatoms. The summed E-state index contributed by atoms with van der Waals surface area (Å²) < 4.78 is 0. The number of carbonyl (C=O) groups is 1. The fourth-order valence-corrected chi connectivity index (χ4v) is 2.69. The molecular formula is C13H17NO5. The van der Waals surface area contributed by atoms with Crippen molar-refractivity contribution >= 4 is 6.09 Å². The predicted octanol–water partition coefficient (Wildman–Crippen LogP) is 1.17. The van der Waals surface area contributed by atoms with Gasteiger partial charge in [-0.3, -0.25) is 0 Å². The van der Waals surface area contributed by atoms with E-state index in [2.05, 4.69) is 0 Å². The number of amides is 1. The van der Waals surface area contributed by atoms with Gasteiger partial charge in [-0.25, -0.2) is 4.79 Å². The van der Waals surface area contributed by atoms with Crippen LogP contribution < -0.4 is 0 Å². The highest BCUT2D eigenvalue weighted by atomic mass is 16.4. The van der Waals surface area contributed by atoms with E-state index in [9.17, 15) is 15.0 Å². The summed E-state index contributed by atoms with van der Waals surface area (Å²) in [4.78, 5) is 12.3. The van der Waals surface area contributed by atoms with Crippen molar-refractivity contribution in [1.82, 2.24) is 4.90 Å². The Balaban J connectivity index is 2.30. The highest BCUT2D eigenvalue weighted by Crippen LogP contribution is 2.41. The van der Waals surface area contributed by atoms with E-state index < -0.39 is 6.09 Å². The number of phenols is 2. The number of nitrogens with zero attached hydrogens (tertiary/aromatic N) is 1. The smallest absolute Gasteiger partial charge is 0.407 e. The van der Waals surface area contributed by atoms with Gasteiger partial charge in [-0.05, 0) is 18.4 Å². The molecule has 2 rings (SSSR count). The summed E-state index contributed by atoms with van der Waals surface area (Å²) in [6.45, 7) is 0.556. The van der Waals surface area contributed by atoms with E-state index >= 15 is 0 Å². The standard InChI is InChI=1S/C13H17NO5/c15-5-4-8-6-14(13(18)19)7-10(8)9-2-1-3-11(16)12(9)17/h1-3,8,10,15-17H,4-7H2,(H,18,19). The molecule has 1 amide bonds. The molecule has 2 atom stereocenters. The zero-order valence-corrected chi connectivity index (χ0v) is 10.4. The maximum absolute atomic E-state index is 11.0. The van der Waals surface area contributed by atoms with E-state index in [1.807, 2.05) is 0 Å². The number of aromatic hydroxyl groups is 2. The lowest BCUT2D eigenvalue weighted by Crippen LogP contribution is -2.26. The molecule has 0 aromatic heterocycles. The Morgan fingerprint density at radius 1 is 1.32 bits per heavy atom. The molecule has 0 aliphatic carbocycles. The second-order valence-electron chi connectivity index (χ2n) is 4.78. The summed E-state index contributed by atoms with van der Waals surface area (Å²) in [5.41, 5.74) is 0.530. The first-order chi connectivity index (χ1) is 9.04. The van der Waals surface area contributed by atoms with Gasteiger partial charge in [0.2, 0.25) is 0 Å². The second kappa shape index (κ2) is 5.36. The minimum Gasteiger partial charge on any atom is -0.504 e. The summed E-state index contributed by atoms with van der Waals surface area (Å²) in [7, 11) is 0. The zero-order valence-electron chi connectivity index (χ0n) is 10.4. The number of carboxylic acid groups (broad SMARTS) is 1. The Labute approximate surface area is 110 Å². The first-order valence-corrected chi connectivity index (χ1v) is 6.14. The fourth-order valence-electron chi connectivity index (χ4n) is 2.69. The quantitative estimate of drug-likeness (QED) is 0.616. The lowest BCUT2D eigenvalue weighted by molar-refractivity contribution is 0.152. The van der Waals surface area contributed by atoms with Gasteiger partial charge in [0, 0.05) is 31.2 Å². The number of hydrogen-bond acceptors (Lipinski definition) is 4. The Hall–Kier alpha value is -1.95. The van der Waals surface area contributed by atoms with Crippen molar-refractivity contribution in [2.24, 2.45) is 5.92 Å². The normalized spacial score (nSPS) is 22.7. The Bertz CT molecular complexity index is 476. The molecule has 4 N–H and O–H groups in total. The molecule has 0 spiro atoms. The van der Waals surface area contributed by atoms with Crippen molar-refractivity contribution in [1.29, 1.82) is 0 Å². The van der Waals surface area contributed by atoms with Crippen LogP contribution in [-0.2, 0) is 0 Å². The van der Waals surface area contributed by atoms with Gasteiger partial charge in [-0.2, -0.15) is 0 Å². The van der Waals surface area contributed by atoms with Crippen molar-refractivity contribution < 1.29 is 25.2 Å². The fraction of sp³-hybridized carbons (Fsp3) is 0.462. The number of likely N-dealkylation sites (tertiary alicyclic amines) is 1. The molecular weight excluding hydrogens is 250 g/mol. The van der Waals surface area contributed by atoms with Gasteiger partial charge in [0.1, 0.15) is 0 Å². The van der Waals surface area contributed by atoms with Crippen LogP contribution in [0.1, 0.15) is 17.9 Å². The van der Waals surface area contributed by atoms with Crippen molar-refractivity contribution in [3.8, 4) is 11.5 Å². The second-order valence-corrected chi connectivity index (χ2v) is 4.78. The van der Waals surface area contributed by atoms with Gasteiger partial charge in [-0.1, -0.05) is 12.1 Å². The molecule has 1 saturated heterocycles. The van der Waals surface area contributed by atoms with E-state index in [1.54, 1.807) is 12.1 Å². The molecule has 1 fully saturated rings. The topological polar surface area (TPSA) is 101 Å². The van der Waals surface area contributed by atoms with Crippen LogP contribution in [0, 0.1) is 5.92 Å². The molecule has 1 aliphatic heterocycles. The van der Waals surface area contributed by atoms with Crippen LogP contribution in [0.25, 0.3) is 0 Å². The summed E-state index contributed by atoms with van der Waals surface area (Å²) >= 11 is 0. The summed E-state index contributed by atoms with van der Waals surface area (Å²) in [6, 6.07) is 4.67. The van der Waals surface area contributed by atoms with Crippen LogP contribution in [0.15, 0.2) is 18.2 Å². The van der Waals surface area contributed by atoms with Gasteiger partial charge in [-0.15, -0.1) is 0 Å². The van der Waals surface area contributed by atoms with E-state index in [1.165, 1.54) is 11.0 Å². The maximum atomic E-state index is 11.0. The monoisotopic (exact) mass is 267 g/mol. The number of phenolic OH excluding ortho intramolecular Hbond substituents is 2. The third kappa shape index (κ3) is 2.58. The number of hydrogen-bond donors (Lipinski definition) is 4. The number of para-hydroxylation sites is 1.